The van der Waals surface area contributed by atoms with E-state index in [0.717, 1.165) is 5.57 Å². The van der Waals surface area contributed by atoms with Gasteiger partial charge in [0.15, 0.2) is 6.29 Å². The normalized spacial score (nSPS) is 25.3. The van der Waals surface area contributed by atoms with Gasteiger partial charge in [-0.25, -0.2) is 0 Å². The quantitative estimate of drug-likeness (QED) is 0.586. The first kappa shape index (κ1) is 15.6. The van der Waals surface area contributed by atoms with E-state index in [2.05, 4.69) is 6.58 Å². The summed E-state index contributed by atoms with van der Waals surface area (Å²) in [6.07, 6.45) is -0.173. The molecule has 0 radical (unpaired) electrons. The lowest BCUT2D eigenvalue weighted by Gasteiger charge is -2.17. The van der Waals surface area contributed by atoms with E-state index < -0.39 is 0 Å². The van der Waals surface area contributed by atoms with Gasteiger partial charge < -0.3 is 23.7 Å². The Labute approximate surface area is 109 Å². The molecule has 1 heterocycles. The summed E-state index contributed by atoms with van der Waals surface area (Å²) in [6, 6.07) is 0. The first-order valence-corrected chi connectivity index (χ1v) is 6.21. The molecule has 3 unspecified atom stereocenters. The molecule has 0 N–H and O–H groups in total. The van der Waals surface area contributed by atoms with Gasteiger partial charge in [-0.15, -0.1) is 0 Å². The predicted octanol–water partition coefficient (Wildman–Crippen LogP) is 1.37. The van der Waals surface area contributed by atoms with Crippen molar-refractivity contribution in [2.24, 2.45) is 0 Å². The van der Waals surface area contributed by atoms with Crippen molar-refractivity contribution in [2.75, 3.05) is 40.1 Å². The van der Waals surface area contributed by atoms with Crippen molar-refractivity contribution in [1.29, 1.82) is 0 Å². The van der Waals surface area contributed by atoms with Crippen LogP contribution in [0.3, 0.4) is 0 Å². The van der Waals surface area contributed by atoms with Gasteiger partial charge in [0.1, 0.15) is 12.2 Å². The molecule has 0 saturated carbocycles. The number of ether oxygens (including phenoxy) is 5. The Kier molecular flexibility index (Phi) is 7.46. The molecule has 0 spiro atoms. The van der Waals surface area contributed by atoms with Crippen LogP contribution in [-0.4, -0.2) is 58.6 Å². The van der Waals surface area contributed by atoms with E-state index in [4.69, 9.17) is 23.7 Å². The van der Waals surface area contributed by atoms with Crippen LogP contribution in [0.2, 0.25) is 0 Å². The highest BCUT2D eigenvalue weighted by Crippen LogP contribution is 2.11. The van der Waals surface area contributed by atoms with Crippen molar-refractivity contribution in [3.8, 4) is 0 Å². The number of hydrogen-bond acceptors (Lipinski definition) is 5. The van der Waals surface area contributed by atoms with E-state index in [1.807, 2.05) is 13.8 Å². The Morgan fingerprint density at radius 2 is 2.11 bits per heavy atom. The second-order valence-corrected chi connectivity index (χ2v) is 4.53. The lowest BCUT2D eigenvalue weighted by molar-refractivity contribution is -0.0765. The standard InChI is InChI=1S/C13H24O5/c1-10(2)5-15-6-12(14-4)7-16-8-13-9-17-11(3)18-13/h11-13H,1,5-9H2,2-4H3. The Morgan fingerprint density at radius 3 is 2.67 bits per heavy atom. The van der Waals surface area contributed by atoms with E-state index in [-0.39, 0.29) is 18.5 Å². The van der Waals surface area contributed by atoms with Crippen LogP contribution in [0.25, 0.3) is 0 Å². The Morgan fingerprint density at radius 1 is 1.39 bits per heavy atom. The summed E-state index contributed by atoms with van der Waals surface area (Å²) in [7, 11) is 1.65. The Bertz CT molecular complexity index is 244. The zero-order valence-electron chi connectivity index (χ0n) is 11.5. The Balaban J connectivity index is 2.05. The molecular weight excluding hydrogens is 236 g/mol. The average molecular weight is 260 g/mol. The van der Waals surface area contributed by atoms with Crippen LogP contribution in [0.5, 0.6) is 0 Å². The second kappa shape index (κ2) is 8.61. The van der Waals surface area contributed by atoms with Gasteiger partial charge in [-0.2, -0.15) is 0 Å². The Hall–Kier alpha value is -0.460. The first-order valence-electron chi connectivity index (χ1n) is 6.21. The van der Waals surface area contributed by atoms with Crippen LogP contribution >= 0.6 is 0 Å². The number of methoxy groups -OCH3 is 1. The van der Waals surface area contributed by atoms with Crippen LogP contribution < -0.4 is 0 Å². The highest BCUT2D eigenvalue weighted by molar-refractivity contribution is 4.87. The molecule has 106 valence electrons. The molecule has 0 amide bonds. The van der Waals surface area contributed by atoms with E-state index in [1.165, 1.54) is 0 Å². The summed E-state index contributed by atoms with van der Waals surface area (Å²) in [5, 5.41) is 0. The van der Waals surface area contributed by atoms with Crippen LogP contribution in [0.15, 0.2) is 12.2 Å². The molecule has 0 aromatic carbocycles. The molecular formula is C13H24O5. The van der Waals surface area contributed by atoms with Crippen molar-refractivity contribution < 1.29 is 23.7 Å². The van der Waals surface area contributed by atoms with Gasteiger partial charge in [0, 0.05) is 7.11 Å². The fraction of sp³-hybridized carbons (Fsp3) is 0.846. The molecule has 1 aliphatic rings. The third-order valence-corrected chi connectivity index (χ3v) is 2.49. The average Bonchev–Trinajstić information content (AvgIpc) is 2.72. The summed E-state index contributed by atoms with van der Waals surface area (Å²) < 4.78 is 27.0. The predicted molar refractivity (Wildman–Crippen MR) is 67.5 cm³/mol. The summed E-state index contributed by atoms with van der Waals surface area (Å²) in [4.78, 5) is 0. The van der Waals surface area contributed by atoms with E-state index in [0.29, 0.717) is 33.0 Å². The number of hydrogen-bond donors (Lipinski definition) is 0. The lowest BCUT2D eigenvalue weighted by atomic mass is 10.3. The van der Waals surface area contributed by atoms with Gasteiger partial charge in [0.05, 0.1) is 33.0 Å². The minimum absolute atomic E-state index is 0.0221. The van der Waals surface area contributed by atoms with Crippen molar-refractivity contribution in [3.05, 3.63) is 12.2 Å². The fourth-order valence-electron chi connectivity index (χ4n) is 1.56. The summed E-state index contributed by atoms with van der Waals surface area (Å²) in [5.41, 5.74) is 0.997. The molecule has 0 aromatic rings. The van der Waals surface area contributed by atoms with Crippen LogP contribution in [0.1, 0.15) is 13.8 Å². The maximum atomic E-state index is 5.54. The molecule has 0 bridgehead atoms. The molecule has 1 aliphatic heterocycles. The van der Waals surface area contributed by atoms with Gasteiger partial charge in [-0.1, -0.05) is 12.2 Å². The van der Waals surface area contributed by atoms with Gasteiger partial charge in [-0.3, -0.25) is 0 Å². The molecule has 3 atom stereocenters. The van der Waals surface area contributed by atoms with Crippen molar-refractivity contribution in [1.82, 2.24) is 0 Å². The molecule has 1 saturated heterocycles. The zero-order valence-corrected chi connectivity index (χ0v) is 11.5. The first-order chi connectivity index (χ1) is 8.61. The summed E-state index contributed by atoms with van der Waals surface area (Å²) >= 11 is 0. The van der Waals surface area contributed by atoms with Gasteiger partial charge in [0.25, 0.3) is 0 Å². The molecule has 0 aliphatic carbocycles. The molecule has 1 fully saturated rings. The van der Waals surface area contributed by atoms with Crippen molar-refractivity contribution in [3.63, 3.8) is 0 Å². The smallest absolute Gasteiger partial charge is 0.155 e. The van der Waals surface area contributed by atoms with E-state index in [1.54, 1.807) is 7.11 Å². The molecule has 0 aromatic heterocycles. The van der Waals surface area contributed by atoms with Gasteiger partial charge in [-0.05, 0) is 13.8 Å². The van der Waals surface area contributed by atoms with Crippen LogP contribution in [-0.2, 0) is 23.7 Å². The highest BCUT2D eigenvalue weighted by atomic mass is 16.7. The van der Waals surface area contributed by atoms with Crippen LogP contribution in [0, 0.1) is 0 Å². The highest BCUT2D eigenvalue weighted by Gasteiger charge is 2.22. The maximum absolute atomic E-state index is 5.54. The SMILES string of the molecule is C=C(C)COCC(COCC1COC(C)O1)OC. The molecule has 18 heavy (non-hydrogen) atoms. The topological polar surface area (TPSA) is 46.2 Å². The number of rotatable bonds is 9. The minimum Gasteiger partial charge on any atom is -0.377 e. The maximum Gasteiger partial charge on any atom is 0.155 e. The van der Waals surface area contributed by atoms with Crippen molar-refractivity contribution >= 4 is 0 Å². The van der Waals surface area contributed by atoms with Crippen LogP contribution in [0.4, 0.5) is 0 Å². The lowest BCUT2D eigenvalue weighted by Crippen LogP contribution is -2.28. The molecule has 5 nitrogen and oxygen atoms in total. The second-order valence-electron chi connectivity index (χ2n) is 4.53. The molecule has 5 heteroatoms. The van der Waals surface area contributed by atoms with Gasteiger partial charge >= 0.3 is 0 Å². The van der Waals surface area contributed by atoms with Crippen molar-refractivity contribution in [2.45, 2.75) is 32.3 Å². The minimum atomic E-state index is -0.129. The zero-order chi connectivity index (χ0) is 13.4. The summed E-state index contributed by atoms with van der Waals surface area (Å²) in [6.45, 7) is 10.2. The van der Waals surface area contributed by atoms with E-state index in [9.17, 15) is 0 Å². The largest absolute Gasteiger partial charge is 0.377 e. The third kappa shape index (κ3) is 6.47. The van der Waals surface area contributed by atoms with E-state index >= 15 is 0 Å². The van der Waals surface area contributed by atoms with Gasteiger partial charge in [0.2, 0.25) is 0 Å². The molecule has 1 rings (SSSR count). The third-order valence-electron chi connectivity index (χ3n) is 2.49. The summed E-state index contributed by atoms with van der Waals surface area (Å²) in [5.74, 6) is 0. The fourth-order valence-corrected chi connectivity index (χ4v) is 1.56. The monoisotopic (exact) mass is 260 g/mol.